The Kier molecular flexibility index (Phi) is 5.88. The Bertz CT molecular complexity index is 536. The van der Waals surface area contributed by atoms with Crippen LogP contribution in [0.1, 0.15) is 51.4 Å². The third-order valence-electron chi connectivity index (χ3n) is 5.25. The van der Waals surface area contributed by atoms with E-state index in [1.165, 1.54) is 19.3 Å². The summed E-state index contributed by atoms with van der Waals surface area (Å²) in [5, 5.41) is 6.22. The summed E-state index contributed by atoms with van der Waals surface area (Å²) in [6.07, 6.45) is 10.7. The van der Waals surface area contributed by atoms with Gasteiger partial charge in [0.1, 0.15) is 5.82 Å². The highest BCUT2D eigenvalue weighted by atomic mass is 16.1. The van der Waals surface area contributed by atoms with Gasteiger partial charge in [-0.25, -0.2) is 4.98 Å². The van der Waals surface area contributed by atoms with E-state index in [2.05, 4.69) is 25.5 Å². The lowest BCUT2D eigenvalue weighted by Gasteiger charge is -2.33. The number of carbonyl (C=O) groups is 1. The number of amides is 1. The molecule has 2 N–H and O–H groups in total. The van der Waals surface area contributed by atoms with E-state index in [9.17, 15) is 4.79 Å². The number of aromatic nitrogens is 2. The van der Waals surface area contributed by atoms with Crippen LogP contribution in [-0.4, -0.2) is 42.1 Å². The molecule has 2 heterocycles. The predicted octanol–water partition coefficient (Wildman–Crippen LogP) is 2.57. The number of nitrogens with zero attached hydrogens (tertiary/aromatic N) is 3. The van der Waals surface area contributed by atoms with Gasteiger partial charge in [-0.2, -0.15) is 4.98 Å². The Morgan fingerprint density at radius 3 is 2.67 bits per heavy atom. The van der Waals surface area contributed by atoms with E-state index in [1.54, 1.807) is 6.20 Å². The molecule has 0 radical (unpaired) electrons. The van der Waals surface area contributed by atoms with Gasteiger partial charge < -0.3 is 15.5 Å². The molecule has 6 heteroatoms. The van der Waals surface area contributed by atoms with Gasteiger partial charge in [-0.1, -0.05) is 19.3 Å². The monoisotopic (exact) mass is 331 g/mol. The molecule has 1 saturated carbocycles. The van der Waals surface area contributed by atoms with E-state index in [0.717, 1.165) is 44.6 Å². The standard InChI is InChI=1S/C18H29N5O/c1-19-18-20-10-7-16(22-18)23-11-8-14(9-12-23)13-17(24)21-15-5-3-2-4-6-15/h7,10,14-15H,2-6,8-9,11-13H2,1H3,(H,21,24)(H,19,20,22). The smallest absolute Gasteiger partial charge is 0.224 e. The molecule has 0 bridgehead atoms. The molecule has 1 aromatic rings. The molecular formula is C18H29N5O. The lowest BCUT2D eigenvalue weighted by atomic mass is 9.92. The first-order chi connectivity index (χ1) is 11.7. The maximum Gasteiger partial charge on any atom is 0.224 e. The molecule has 0 unspecified atom stereocenters. The lowest BCUT2D eigenvalue weighted by molar-refractivity contribution is -0.123. The van der Waals surface area contributed by atoms with Crippen LogP contribution in [0.15, 0.2) is 12.3 Å². The van der Waals surface area contributed by atoms with Crippen LogP contribution in [0.4, 0.5) is 11.8 Å². The summed E-state index contributed by atoms with van der Waals surface area (Å²) in [4.78, 5) is 23.2. The Morgan fingerprint density at radius 2 is 1.96 bits per heavy atom. The molecule has 0 atom stereocenters. The van der Waals surface area contributed by atoms with Crippen molar-refractivity contribution in [2.75, 3.05) is 30.4 Å². The average molecular weight is 331 g/mol. The largest absolute Gasteiger partial charge is 0.357 e. The molecule has 0 spiro atoms. The quantitative estimate of drug-likeness (QED) is 0.868. The van der Waals surface area contributed by atoms with Crippen LogP contribution in [0.25, 0.3) is 0 Å². The van der Waals surface area contributed by atoms with Gasteiger partial charge in [-0.05, 0) is 37.7 Å². The minimum Gasteiger partial charge on any atom is -0.357 e. The van der Waals surface area contributed by atoms with E-state index in [1.807, 2.05) is 13.1 Å². The summed E-state index contributed by atoms with van der Waals surface area (Å²) in [6.45, 7) is 1.92. The molecule has 1 aliphatic heterocycles. The molecule has 1 saturated heterocycles. The van der Waals surface area contributed by atoms with E-state index >= 15 is 0 Å². The van der Waals surface area contributed by atoms with Crippen LogP contribution in [0.5, 0.6) is 0 Å². The Morgan fingerprint density at radius 1 is 1.21 bits per heavy atom. The summed E-state index contributed by atoms with van der Waals surface area (Å²) in [5.74, 6) is 2.37. The van der Waals surface area contributed by atoms with E-state index in [-0.39, 0.29) is 5.91 Å². The maximum absolute atomic E-state index is 12.3. The van der Waals surface area contributed by atoms with Crippen molar-refractivity contribution < 1.29 is 4.79 Å². The van der Waals surface area contributed by atoms with E-state index in [0.29, 0.717) is 24.3 Å². The second kappa shape index (κ2) is 8.31. The van der Waals surface area contributed by atoms with Gasteiger partial charge in [-0.15, -0.1) is 0 Å². The first-order valence-electron chi connectivity index (χ1n) is 9.29. The minimum absolute atomic E-state index is 0.250. The summed E-state index contributed by atoms with van der Waals surface area (Å²) >= 11 is 0. The van der Waals surface area contributed by atoms with Crippen molar-refractivity contribution in [2.24, 2.45) is 5.92 Å². The Hall–Kier alpha value is -1.85. The number of piperidine rings is 1. The van der Waals surface area contributed by atoms with Crippen molar-refractivity contribution in [3.8, 4) is 0 Å². The molecule has 2 aliphatic rings. The van der Waals surface area contributed by atoms with Crippen LogP contribution in [-0.2, 0) is 4.79 Å². The zero-order valence-corrected chi connectivity index (χ0v) is 14.6. The van der Waals surface area contributed by atoms with Gasteiger partial charge in [0.15, 0.2) is 0 Å². The van der Waals surface area contributed by atoms with Crippen molar-refractivity contribution >= 4 is 17.7 Å². The van der Waals surface area contributed by atoms with Gasteiger partial charge in [-0.3, -0.25) is 4.79 Å². The van der Waals surface area contributed by atoms with Gasteiger partial charge >= 0.3 is 0 Å². The molecule has 132 valence electrons. The minimum atomic E-state index is 0.250. The summed E-state index contributed by atoms with van der Waals surface area (Å²) in [6, 6.07) is 2.38. The van der Waals surface area contributed by atoms with Crippen LogP contribution < -0.4 is 15.5 Å². The molecule has 0 aromatic carbocycles. The lowest BCUT2D eigenvalue weighted by Crippen LogP contribution is -2.39. The van der Waals surface area contributed by atoms with Crippen molar-refractivity contribution in [3.05, 3.63) is 12.3 Å². The van der Waals surface area contributed by atoms with Crippen LogP contribution >= 0.6 is 0 Å². The number of hydrogen-bond acceptors (Lipinski definition) is 5. The van der Waals surface area contributed by atoms with E-state index in [4.69, 9.17) is 0 Å². The normalized spacial score (nSPS) is 20.0. The van der Waals surface area contributed by atoms with Crippen LogP contribution in [0.2, 0.25) is 0 Å². The van der Waals surface area contributed by atoms with Crippen LogP contribution in [0, 0.1) is 5.92 Å². The zero-order valence-electron chi connectivity index (χ0n) is 14.6. The Labute approximate surface area is 144 Å². The molecule has 1 aliphatic carbocycles. The summed E-state index contributed by atoms with van der Waals surface area (Å²) in [7, 11) is 1.83. The molecule has 6 nitrogen and oxygen atoms in total. The highest BCUT2D eigenvalue weighted by molar-refractivity contribution is 5.76. The number of rotatable bonds is 5. The summed E-state index contributed by atoms with van der Waals surface area (Å²) in [5.41, 5.74) is 0. The molecule has 2 fully saturated rings. The summed E-state index contributed by atoms with van der Waals surface area (Å²) < 4.78 is 0. The topological polar surface area (TPSA) is 70.2 Å². The second-order valence-electron chi connectivity index (χ2n) is 7.03. The van der Waals surface area contributed by atoms with Crippen molar-refractivity contribution in [3.63, 3.8) is 0 Å². The fourth-order valence-electron chi connectivity index (χ4n) is 3.81. The number of carbonyl (C=O) groups excluding carboxylic acids is 1. The molecule has 1 amide bonds. The fourth-order valence-corrected chi connectivity index (χ4v) is 3.81. The number of anilines is 2. The van der Waals surface area contributed by atoms with E-state index < -0.39 is 0 Å². The first kappa shape index (κ1) is 17.0. The third-order valence-corrected chi connectivity index (χ3v) is 5.25. The molecular weight excluding hydrogens is 302 g/mol. The second-order valence-corrected chi connectivity index (χ2v) is 7.03. The van der Waals surface area contributed by atoms with Crippen molar-refractivity contribution in [1.29, 1.82) is 0 Å². The highest BCUT2D eigenvalue weighted by Crippen LogP contribution is 2.25. The first-order valence-corrected chi connectivity index (χ1v) is 9.29. The van der Waals surface area contributed by atoms with Gasteiger partial charge in [0, 0.05) is 38.8 Å². The van der Waals surface area contributed by atoms with Crippen molar-refractivity contribution in [2.45, 2.75) is 57.4 Å². The molecule has 24 heavy (non-hydrogen) atoms. The van der Waals surface area contributed by atoms with Gasteiger partial charge in [0.2, 0.25) is 11.9 Å². The molecule has 3 rings (SSSR count). The maximum atomic E-state index is 12.3. The van der Waals surface area contributed by atoms with Crippen LogP contribution in [0.3, 0.4) is 0 Å². The van der Waals surface area contributed by atoms with Crippen molar-refractivity contribution in [1.82, 2.24) is 15.3 Å². The number of hydrogen-bond donors (Lipinski definition) is 2. The Balaban J connectivity index is 1.43. The zero-order chi connectivity index (χ0) is 16.8. The highest BCUT2D eigenvalue weighted by Gasteiger charge is 2.24. The average Bonchev–Trinajstić information content (AvgIpc) is 2.63. The predicted molar refractivity (Wildman–Crippen MR) is 96.1 cm³/mol. The van der Waals surface area contributed by atoms with Gasteiger partial charge in [0.25, 0.3) is 0 Å². The fraction of sp³-hybridized carbons (Fsp3) is 0.722. The third kappa shape index (κ3) is 4.58. The number of nitrogens with one attached hydrogen (secondary N) is 2. The van der Waals surface area contributed by atoms with Gasteiger partial charge in [0.05, 0.1) is 0 Å². The molecule has 1 aromatic heterocycles. The SMILES string of the molecule is CNc1nccc(N2CCC(CC(=O)NC3CCCCC3)CC2)n1.